The number of amides is 1. The number of nitrogens with zero attached hydrogens (tertiary/aromatic N) is 2. The van der Waals surface area contributed by atoms with E-state index in [9.17, 15) is 4.79 Å². The van der Waals surface area contributed by atoms with E-state index in [2.05, 4.69) is 4.98 Å². The summed E-state index contributed by atoms with van der Waals surface area (Å²) in [7, 11) is 1.68. The highest BCUT2D eigenvalue weighted by Crippen LogP contribution is 2.32. The second-order valence-corrected chi connectivity index (χ2v) is 4.60. The van der Waals surface area contributed by atoms with Gasteiger partial charge in [-0.1, -0.05) is 6.92 Å². The van der Waals surface area contributed by atoms with E-state index in [1.807, 2.05) is 24.0 Å². The number of ether oxygens (including phenoxy) is 1. The molecule has 0 aliphatic carbocycles. The molecule has 0 radical (unpaired) electrons. The zero-order chi connectivity index (χ0) is 13.0. The highest BCUT2D eigenvalue weighted by molar-refractivity contribution is 5.75. The first-order chi connectivity index (χ1) is 8.76. The lowest BCUT2D eigenvalue weighted by atomic mass is 9.92. The van der Waals surface area contributed by atoms with Crippen molar-refractivity contribution < 1.29 is 9.53 Å². The van der Waals surface area contributed by atoms with Gasteiger partial charge in [0.05, 0.1) is 12.8 Å². The van der Waals surface area contributed by atoms with Crippen molar-refractivity contribution in [1.82, 2.24) is 9.88 Å². The molecule has 4 nitrogen and oxygen atoms in total. The van der Waals surface area contributed by atoms with Gasteiger partial charge in [-0.05, 0) is 25.0 Å². The van der Waals surface area contributed by atoms with Gasteiger partial charge < -0.3 is 9.64 Å². The maximum atomic E-state index is 11.6. The van der Waals surface area contributed by atoms with Crippen LogP contribution >= 0.6 is 0 Å². The number of likely N-dealkylation sites (tertiary alicyclic amines) is 1. The average molecular weight is 248 g/mol. The molecule has 1 saturated heterocycles. The van der Waals surface area contributed by atoms with Crippen molar-refractivity contribution >= 4 is 5.91 Å². The number of aromatic nitrogens is 1. The Hall–Kier alpha value is -1.58. The van der Waals surface area contributed by atoms with E-state index in [1.165, 1.54) is 0 Å². The summed E-state index contributed by atoms with van der Waals surface area (Å²) < 4.78 is 5.35. The SMILES string of the molecule is CCC(=O)N1CCC(c2ncccc2OC)CC1. The molecular formula is C14H20N2O2. The topological polar surface area (TPSA) is 42.4 Å². The number of carbonyl (C=O) groups excluding carboxylic acids is 1. The van der Waals surface area contributed by atoms with E-state index in [0.29, 0.717) is 12.3 Å². The van der Waals surface area contributed by atoms with Gasteiger partial charge in [-0.15, -0.1) is 0 Å². The summed E-state index contributed by atoms with van der Waals surface area (Å²) >= 11 is 0. The van der Waals surface area contributed by atoms with E-state index >= 15 is 0 Å². The van der Waals surface area contributed by atoms with Crippen molar-refractivity contribution in [3.8, 4) is 5.75 Å². The largest absolute Gasteiger partial charge is 0.495 e. The monoisotopic (exact) mass is 248 g/mol. The second kappa shape index (κ2) is 5.85. The van der Waals surface area contributed by atoms with E-state index in [0.717, 1.165) is 37.4 Å². The lowest BCUT2D eigenvalue weighted by Crippen LogP contribution is -2.37. The van der Waals surface area contributed by atoms with Gasteiger partial charge in [-0.2, -0.15) is 0 Å². The van der Waals surface area contributed by atoms with Crippen molar-refractivity contribution in [2.75, 3.05) is 20.2 Å². The molecule has 0 saturated carbocycles. The number of pyridine rings is 1. The number of rotatable bonds is 3. The third-order valence-electron chi connectivity index (χ3n) is 3.56. The first kappa shape index (κ1) is 12.9. The lowest BCUT2D eigenvalue weighted by Gasteiger charge is -2.32. The Morgan fingerprint density at radius 1 is 1.50 bits per heavy atom. The van der Waals surface area contributed by atoms with E-state index in [4.69, 9.17) is 4.74 Å². The van der Waals surface area contributed by atoms with Crippen molar-refractivity contribution in [1.29, 1.82) is 0 Å². The molecule has 1 aromatic heterocycles. The maximum absolute atomic E-state index is 11.6. The molecule has 0 N–H and O–H groups in total. The van der Waals surface area contributed by atoms with E-state index in [-0.39, 0.29) is 5.91 Å². The summed E-state index contributed by atoms with van der Waals surface area (Å²) in [6, 6.07) is 3.84. The zero-order valence-corrected chi connectivity index (χ0v) is 11.1. The third-order valence-corrected chi connectivity index (χ3v) is 3.56. The number of piperidine rings is 1. The van der Waals surface area contributed by atoms with Crippen LogP contribution in [-0.2, 0) is 4.79 Å². The molecule has 0 aromatic carbocycles. The first-order valence-corrected chi connectivity index (χ1v) is 6.53. The fourth-order valence-electron chi connectivity index (χ4n) is 2.51. The number of hydrogen-bond acceptors (Lipinski definition) is 3. The second-order valence-electron chi connectivity index (χ2n) is 4.60. The quantitative estimate of drug-likeness (QED) is 0.823. The minimum absolute atomic E-state index is 0.251. The minimum atomic E-state index is 0.251. The molecule has 1 amide bonds. The lowest BCUT2D eigenvalue weighted by molar-refractivity contribution is -0.131. The Kier molecular flexibility index (Phi) is 4.18. The molecule has 2 rings (SSSR count). The third kappa shape index (κ3) is 2.63. The summed E-state index contributed by atoms with van der Waals surface area (Å²) in [5.41, 5.74) is 1.03. The van der Waals surface area contributed by atoms with Crippen LogP contribution < -0.4 is 4.74 Å². The first-order valence-electron chi connectivity index (χ1n) is 6.53. The van der Waals surface area contributed by atoms with E-state index in [1.54, 1.807) is 13.3 Å². The number of methoxy groups -OCH3 is 1. The standard InChI is InChI=1S/C14H20N2O2/c1-3-13(17)16-9-6-11(7-10-16)14-12(18-2)5-4-8-15-14/h4-5,8,11H,3,6-7,9-10H2,1-2H3. The Morgan fingerprint density at radius 2 is 2.22 bits per heavy atom. The van der Waals surface area contributed by atoms with Gasteiger partial charge in [-0.25, -0.2) is 0 Å². The van der Waals surface area contributed by atoms with E-state index < -0.39 is 0 Å². The van der Waals surface area contributed by atoms with Crippen LogP contribution in [0.2, 0.25) is 0 Å². The predicted molar refractivity (Wildman–Crippen MR) is 69.6 cm³/mol. The highest BCUT2D eigenvalue weighted by Gasteiger charge is 2.25. The van der Waals surface area contributed by atoms with Crippen molar-refractivity contribution in [3.05, 3.63) is 24.0 Å². The Balaban J connectivity index is 2.03. The molecule has 0 spiro atoms. The fourth-order valence-corrected chi connectivity index (χ4v) is 2.51. The summed E-state index contributed by atoms with van der Waals surface area (Å²) in [6.45, 7) is 3.57. The predicted octanol–water partition coefficient (Wildman–Crippen LogP) is 2.21. The van der Waals surface area contributed by atoms with Gasteiger partial charge in [0.1, 0.15) is 5.75 Å². The summed E-state index contributed by atoms with van der Waals surface area (Å²) in [5.74, 6) is 1.52. The van der Waals surface area contributed by atoms with Crippen LogP contribution in [-0.4, -0.2) is 36.0 Å². The van der Waals surface area contributed by atoms with Gasteiger partial charge >= 0.3 is 0 Å². The number of carbonyl (C=O) groups is 1. The normalized spacial score (nSPS) is 16.7. The van der Waals surface area contributed by atoms with Crippen LogP contribution in [0.1, 0.15) is 37.8 Å². The Bertz CT molecular complexity index is 412. The van der Waals surface area contributed by atoms with Crippen LogP contribution in [0.4, 0.5) is 0 Å². The van der Waals surface area contributed by atoms with Crippen LogP contribution in [0.3, 0.4) is 0 Å². The molecule has 1 aliphatic heterocycles. The molecule has 0 atom stereocenters. The molecule has 1 aliphatic rings. The Morgan fingerprint density at radius 3 is 2.83 bits per heavy atom. The van der Waals surface area contributed by atoms with Crippen molar-refractivity contribution in [2.24, 2.45) is 0 Å². The average Bonchev–Trinajstić information content (AvgIpc) is 2.46. The zero-order valence-electron chi connectivity index (χ0n) is 11.1. The molecule has 18 heavy (non-hydrogen) atoms. The van der Waals surface area contributed by atoms with Crippen molar-refractivity contribution in [3.63, 3.8) is 0 Å². The molecule has 1 fully saturated rings. The number of hydrogen-bond donors (Lipinski definition) is 0. The van der Waals surface area contributed by atoms with Gasteiger partial charge in [0.25, 0.3) is 0 Å². The highest BCUT2D eigenvalue weighted by atomic mass is 16.5. The maximum Gasteiger partial charge on any atom is 0.222 e. The molecule has 98 valence electrons. The van der Waals surface area contributed by atoms with Gasteiger partial charge in [-0.3, -0.25) is 9.78 Å². The van der Waals surface area contributed by atoms with Crippen LogP contribution in [0.15, 0.2) is 18.3 Å². The van der Waals surface area contributed by atoms with Crippen LogP contribution in [0.5, 0.6) is 5.75 Å². The molecular weight excluding hydrogens is 228 g/mol. The fraction of sp³-hybridized carbons (Fsp3) is 0.571. The molecule has 0 bridgehead atoms. The Labute approximate surface area is 108 Å². The summed E-state index contributed by atoms with van der Waals surface area (Å²) in [6.07, 6.45) is 4.34. The molecule has 4 heteroatoms. The molecule has 0 unspecified atom stereocenters. The summed E-state index contributed by atoms with van der Waals surface area (Å²) in [4.78, 5) is 18.0. The van der Waals surface area contributed by atoms with Crippen molar-refractivity contribution in [2.45, 2.75) is 32.1 Å². The molecule has 1 aromatic rings. The van der Waals surface area contributed by atoms with Gasteiger partial charge in [0, 0.05) is 31.6 Å². The summed E-state index contributed by atoms with van der Waals surface area (Å²) in [5, 5.41) is 0. The van der Waals surface area contributed by atoms with Gasteiger partial charge in [0.15, 0.2) is 0 Å². The van der Waals surface area contributed by atoms with Crippen LogP contribution in [0.25, 0.3) is 0 Å². The van der Waals surface area contributed by atoms with Gasteiger partial charge in [0.2, 0.25) is 5.91 Å². The molecule has 2 heterocycles. The smallest absolute Gasteiger partial charge is 0.222 e. The van der Waals surface area contributed by atoms with Crippen LogP contribution in [0, 0.1) is 0 Å². The minimum Gasteiger partial charge on any atom is -0.495 e.